The molecule has 2 aromatic rings. The fourth-order valence-electron chi connectivity index (χ4n) is 2.01. The van der Waals surface area contributed by atoms with Crippen LogP contribution in [0.4, 0.5) is 29.5 Å². The average molecular weight is 388 g/mol. The maximum Gasteiger partial charge on any atom is 0.417 e. The number of hydrogen-bond donors (Lipinski definition) is 3. The van der Waals surface area contributed by atoms with Crippen LogP contribution in [-0.2, 0) is 16.2 Å². The molecule has 26 heavy (non-hydrogen) atoms. The molecule has 1 aromatic carbocycles. The molecule has 1 heterocycles. The zero-order chi connectivity index (χ0) is 19.4. The number of amides is 2. The lowest BCUT2D eigenvalue weighted by molar-refractivity contribution is -0.139. The highest BCUT2D eigenvalue weighted by molar-refractivity contribution is 7.90. The number of anilines is 2. The van der Waals surface area contributed by atoms with Gasteiger partial charge in [-0.2, -0.15) is 13.2 Å². The van der Waals surface area contributed by atoms with Gasteiger partial charge in [-0.1, -0.05) is 6.07 Å². The average Bonchev–Trinajstić information content (AvgIpc) is 2.54. The van der Waals surface area contributed by atoms with Crippen molar-refractivity contribution in [2.45, 2.75) is 18.0 Å². The van der Waals surface area contributed by atoms with Gasteiger partial charge in [0.1, 0.15) is 10.7 Å². The number of urea groups is 1. The highest BCUT2D eigenvalue weighted by Crippen LogP contribution is 2.35. The lowest BCUT2D eigenvalue weighted by Gasteiger charge is -2.16. The van der Waals surface area contributed by atoms with E-state index in [9.17, 15) is 26.4 Å². The van der Waals surface area contributed by atoms with Crippen LogP contribution >= 0.6 is 0 Å². The molecule has 0 saturated carbocycles. The minimum absolute atomic E-state index is 0.0629. The third-order valence-electron chi connectivity index (χ3n) is 3.08. The van der Waals surface area contributed by atoms with Gasteiger partial charge in [0.25, 0.3) is 10.0 Å². The molecule has 1 aromatic heterocycles. The van der Waals surface area contributed by atoms with Crippen molar-refractivity contribution in [3.63, 3.8) is 0 Å². The van der Waals surface area contributed by atoms with Crippen molar-refractivity contribution in [1.82, 2.24) is 15.0 Å². The summed E-state index contributed by atoms with van der Waals surface area (Å²) in [6.07, 6.45) is -3.46. The second kappa shape index (κ2) is 7.60. The molecule has 0 atom stereocenters. The van der Waals surface area contributed by atoms with E-state index in [4.69, 9.17) is 0 Å². The maximum absolute atomic E-state index is 13.2. The Hall–Kier alpha value is -2.82. The Bertz CT molecular complexity index is 887. The number of sulfonamides is 1. The van der Waals surface area contributed by atoms with E-state index in [2.05, 4.69) is 15.6 Å². The summed E-state index contributed by atoms with van der Waals surface area (Å²) < 4.78 is 65.7. The number of nitrogens with zero attached hydrogens (tertiary/aromatic N) is 1. The number of carbonyl (C=O) groups excluding carboxylic acids is 1. The number of benzene rings is 1. The van der Waals surface area contributed by atoms with Gasteiger partial charge in [0.2, 0.25) is 0 Å². The zero-order valence-electron chi connectivity index (χ0n) is 13.5. The molecule has 2 amide bonds. The summed E-state index contributed by atoms with van der Waals surface area (Å²) >= 11 is 0. The van der Waals surface area contributed by atoms with Crippen molar-refractivity contribution in [1.29, 1.82) is 0 Å². The summed E-state index contributed by atoms with van der Waals surface area (Å²) in [5, 5.41) is 4.85. The van der Waals surface area contributed by atoms with E-state index < -0.39 is 32.7 Å². The Morgan fingerprint density at radius 3 is 2.50 bits per heavy atom. The van der Waals surface area contributed by atoms with E-state index in [1.807, 2.05) is 0 Å². The number of aromatic nitrogens is 1. The van der Waals surface area contributed by atoms with Gasteiger partial charge in [-0.25, -0.2) is 22.9 Å². The molecule has 0 bridgehead atoms. The molecule has 3 N–H and O–H groups in total. The fraction of sp³-hybridized carbons (Fsp3) is 0.200. The highest BCUT2D eigenvalue weighted by atomic mass is 32.2. The molecule has 0 radical (unpaired) electrons. The van der Waals surface area contributed by atoms with Gasteiger partial charge in [0.05, 0.1) is 5.56 Å². The summed E-state index contributed by atoms with van der Waals surface area (Å²) in [5.74, 6) is 0.312. The van der Waals surface area contributed by atoms with E-state index in [0.29, 0.717) is 11.9 Å². The number of rotatable bonds is 5. The van der Waals surface area contributed by atoms with Crippen LogP contribution < -0.4 is 15.4 Å². The van der Waals surface area contributed by atoms with Crippen LogP contribution in [0, 0.1) is 0 Å². The number of pyridine rings is 1. The number of nitrogens with one attached hydrogen (secondary N) is 3. The topological polar surface area (TPSA) is 100 Å². The molecular weight excluding hydrogens is 373 g/mol. The van der Waals surface area contributed by atoms with Crippen LogP contribution in [0.15, 0.2) is 47.5 Å². The van der Waals surface area contributed by atoms with E-state index in [-0.39, 0.29) is 12.2 Å². The summed E-state index contributed by atoms with van der Waals surface area (Å²) in [7, 11) is -4.75. The quantitative estimate of drug-likeness (QED) is 0.731. The van der Waals surface area contributed by atoms with Gasteiger partial charge in [0.15, 0.2) is 0 Å². The molecule has 0 saturated heterocycles. The molecule has 11 heteroatoms. The van der Waals surface area contributed by atoms with Gasteiger partial charge in [-0.3, -0.25) is 0 Å². The SMILES string of the molecule is CCNC(=O)NS(=O)(=O)c1cc(Nc2ccccn2)ccc1C(F)(F)F. The van der Waals surface area contributed by atoms with Crippen LogP contribution in [-0.4, -0.2) is 26.0 Å². The second-order valence-corrected chi connectivity index (χ2v) is 6.66. The van der Waals surface area contributed by atoms with Crippen LogP contribution in [0.5, 0.6) is 0 Å². The summed E-state index contributed by atoms with van der Waals surface area (Å²) in [6.45, 7) is 1.64. The Morgan fingerprint density at radius 1 is 1.19 bits per heavy atom. The second-order valence-electron chi connectivity index (χ2n) is 5.01. The van der Waals surface area contributed by atoms with Gasteiger partial charge in [-0.05, 0) is 37.3 Å². The van der Waals surface area contributed by atoms with Crippen molar-refractivity contribution >= 4 is 27.6 Å². The van der Waals surface area contributed by atoms with Gasteiger partial charge in [0, 0.05) is 18.4 Å². The number of alkyl halides is 3. The maximum atomic E-state index is 13.2. The Morgan fingerprint density at radius 2 is 1.92 bits per heavy atom. The lowest BCUT2D eigenvalue weighted by atomic mass is 10.2. The normalized spacial score (nSPS) is 11.7. The van der Waals surface area contributed by atoms with Crippen LogP contribution in [0.2, 0.25) is 0 Å². The van der Waals surface area contributed by atoms with Crippen LogP contribution in [0.25, 0.3) is 0 Å². The smallest absolute Gasteiger partial charge is 0.340 e. The molecule has 2 rings (SSSR count). The molecule has 7 nitrogen and oxygen atoms in total. The first kappa shape index (κ1) is 19.5. The first-order valence-electron chi connectivity index (χ1n) is 7.33. The minimum atomic E-state index is -4.92. The highest BCUT2D eigenvalue weighted by Gasteiger charge is 2.37. The summed E-state index contributed by atoms with van der Waals surface area (Å²) in [6, 6.07) is 6.21. The standard InChI is InChI=1S/C15H15F3N4O3S/c1-2-19-14(23)22-26(24,25)12-9-10(6-7-11(12)15(16,17)18)21-13-5-3-4-8-20-13/h3-9H,2H2,1H3,(H,20,21)(H2,19,22,23). The molecule has 0 spiro atoms. The van der Waals surface area contributed by atoms with E-state index in [1.54, 1.807) is 22.9 Å². The minimum Gasteiger partial charge on any atom is -0.340 e. The molecule has 0 aliphatic carbocycles. The van der Waals surface area contributed by atoms with Crippen LogP contribution in [0.3, 0.4) is 0 Å². The van der Waals surface area contributed by atoms with Gasteiger partial charge >= 0.3 is 12.2 Å². The van der Waals surface area contributed by atoms with Crippen molar-refractivity contribution in [3.8, 4) is 0 Å². The third-order valence-corrected chi connectivity index (χ3v) is 4.45. The molecule has 0 aliphatic rings. The summed E-state index contributed by atoms with van der Waals surface area (Å²) in [5.41, 5.74) is -1.33. The number of hydrogen-bond acceptors (Lipinski definition) is 5. The number of carbonyl (C=O) groups is 1. The van der Waals surface area contributed by atoms with Crippen molar-refractivity contribution < 1.29 is 26.4 Å². The van der Waals surface area contributed by atoms with Crippen LogP contribution in [0.1, 0.15) is 12.5 Å². The molecule has 0 aliphatic heterocycles. The largest absolute Gasteiger partial charge is 0.417 e. The number of halogens is 3. The van der Waals surface area contributed by atoms with Gasteiger partial charge < -0.3 is 10.6 Å². The fourth-order valence-corrected chi connectivity index (χ4v) is 3.20. The molecule has 140 valence electrons. The predicted octanol–water partition coefficient (Wildman–Crippen LogP) is 2.85. The Labute approximate surface area is 147 Å². The van der Waals surface area contributed by atoms with Crippen molar-refractivity contribution in [2.75, 3.05) is 11.9 Å². The molecule has 0 unspecified atom stereocenters. The molecular formula is C15H15F3N4O3S. The van der Waals surface area contributed by atoms with E-state index in [1.165, 1.54) is 13.1 Å². The first-order valence-corrected chi connectivity index (χ1v) is 8.81. The van der Waals surface area contributed by atoms with Crippen molar-refractivity contribution in [2.24, 2.45) is 0 Å². The Balaban J connectivity index is 2.46. The van der Waals surface area contributed by atoms with Crippen molar-refractivity contribution in [3.05, 3.63) is 48.2 Å². The first-order chi connectivity index (χ1) is 12.1. The van der Waals surface area contributed by atoms with Gasteiger partial charge in [-0.15, -0.1) is 0 Å². The predicted molar refractivity (Wildman–Crippen MR) is 88.4 cm³/mol. The van der Waals surface area contributed by atoms with E-state index >= 15 is 0 Å². The zero-order valence-corrected chi connectivity index (χ0v) is 14.3. The summed E-state index contributed by atoms with van der Waals surface area (Å²) in [4.78, 5) is 14.3. The lowest BCUT2D eigenvalue weighted by Crippen LogP contribution is -2.39. The third kappa shape index (κ3) is 4.85. The van der Waals surface area contributed by atoms with E-state index in [0.717, 1.165) is 12.1 Å². The monoisotopic (exact) mass is 388 g/mol. The molecule has 0 fully saturated rings. The Kier molecular flexibility index (Phi) is 5.70.